The Hall–Kier alpha value is -0.830. The van der Waals surface area contributed by atoms with Crippen LogP contribution in [0, 0.1) is 0 Å². The molecule has 0 fully saturated rings. The highest BCUT2D eigenvalue weighted by molar-refractivity contribution is 7.89. The third-order valence-corrected chi connectivity index (χ3v) is 4.10. The molecule has 0 saturated heterocycles. The molecule has 0 radical (unpaired) electrons. The Morgan fingerprint density at radius 2 is 2.00 bits per heavy atom. The Labute approximate surface area is 113 Å². The van der Waals surface area contributed by atoms with E-state index in [1.165, 1.54) is 6.92 Å². The Morgan fingerprint density at radius 1 is 1.42 bits per heavy atom. The molecule has 0 aromatic heterocycles. The molecule has 2 N–H and O–H groups in total. The summed E-state index contributed by atoms with van der Waals surface area (Å²) in [6, 6.07) is 1.47. The molecule has 1 aromatic carbocycles. The molecule has 1 aromatic rings. The van der Waals surface area contributed by atoms with E-state index >= 15 is 0 Å². The number of alkyl halides is 3. The van der Waals surface area contributed by atoms with E-state index in [0.29, 0.717) is 6.07 Å². The van der Waals surface area contributed by atoms with Crippen molar-refractivity contribution >= 4 is 21.6 Å². The standard InChI is InChI=1S/C10H11ClF3NO3S/c1-6(5-16)15-19(17,18)7-2-3-9(11)8(4-7)10(12,13)14/h2-4,6,15-16H,5H2,1H3. The lowest BCUT2D eigenvalue weighted by atomic mass is 10.2. The molecule has 0 amide bonds. The molecule has 0 spiro atoms. The molecule has 1 rings (SSSR count). The molecule has 1 atom stereocenters. The largest absolute Gasteiger partial charge is 0.417 e. The molecule has 1 unspecified atom stereocenters. The predicted octanol–water partition coefficient (Wildman–Crippen LogP) is 2.02. The van der Waals surface area contributed by atoms with Crippen molar-refractivity contribution in [3.05, 3.63) is 28.8 Å². The Kier molecular flexibility index (Phi) is 4.83. The second kappa shape index (κ2) is 5.66. The number of sulfonamides is 1. The van der Waals surface area contributed by atoms with Crippen molar-refractivity contribution in [2.24, 2.45) is 0 Å². The van der Waals surface area contributed by atoms with E-state index in [2.05, 4.69) is 0 Å². The van der Waals surface area contributed by atoms with E-state index in [1.54, 1.807) is 0 Å². The fourth-order valence-corrected chi connectivity index (χ4v) is 2.74. The van der Waals surface area contributed by atoms with Crippen molar-refractivity contribution in [3.63, 3.8) is 0 Å². The number of hydrogen-bond acceptors (Lipinski definition) is 3. The van der Waals surface area contributed by atoms with Gasteiger partial charge in [0.05, 0.1) is 22.1 Å². The monoisotopic (exact) mass is 317 g/mol. The van der Waals surface area contributed by atoms with Crippen LogP contribution in [0.2, 0.25) is 5.02 Å². The van der Waals surface area contributed by atoms with E-state index in [9.17, 15) is 21.6 Å². The SMILES string of the molecule is CC(CO)NS(=O)(=O)c1ccc(Cl)c(C(F)(F)F)c1. The van der Waals surface area contributed by atoms with Gasteiger partial charge in [0.2, 0.25) is 10.0 Å². The minimum Gasteiger partial charge on any atom is -0.395 e. The van der Waals surface area contributed by atoms with Gasteiger partial charge in [-0.3, -0.25) is 0 Å². The molecular formula is C10H11ClF3NO3S. The van der Waals surface area contributed by atoms with Crippen LogP contribution in [0.3, 0.4) is 0 Å². The van der Waals surface area contributed by atoms with Gasteiger partial charge in [-0.25, -0.2) is 13.1 Å². The first-order valence-corrected chi connectivity index (χ1v) is 6.94. The molecule has 0 aliphatic heterocycles. The van der Waals surface area contributed by atoms with E-state index < -0.39 is 44.3 Å². The molecule has 0 aliphatic carbocycles. The van der Waals surface area contributed by atoms with Gasteiger partial charge in [-0.1, -0.05) is 11.6 Å². The summed E-state index contributed by atoms with van der Waals surface area (Å²) in [5, 5.41) is 8.16. The van der Waals surface area contributed by atoms with Crippen molar-refractivity contribution in [2.75, 3.05) is 6.61 Å². The van der Waals surface area contributed by atoms with Gasteiger partial charge in [0.1, 0.15) is 0 Å². The molecule has 0 saturated carbocycles. The Balaban J connectivity index is 3.23. The van der Waals surface area contributed by atoms with Crippen LogP contribution in [0.4, 0.5) is 13.2 Å². The fourth-order valence-electron chi connectivity index (χ4n) is 1.26. The van der Waals surface area contributed by atoms with Gasteiger partial charge < -0.3 is 5.11 Å². The Morgan fingerprint density at radius 3 is 2.47 bits per heavy atom. The number of aliphatic hydroxyl groups excluding tert-OH is 1. The third-order valence-electron chi connectivity index (χ3n) is 2.18. The van der Waals surface area contributed by atoms with Crippen molar-refractivity contribution in [1.29, 1.82) is 0 Å². The summed E-state index contributed by atoms with van der Waals surface area (Å²) in [7, 11) is -4.14. The van der Waals surface area contributed by atoms with E-state index in [-0.39, 0.29) is 0 Å². The van der Waals surface area contributed by atoms with Crippen LogP contribution in [0.1, 0.15) is 12.5 Å². The second-order valence-corrected chi connectivity index (χ2v) is 5.97. The number of hydrogen-bond donors (Lipinski definition) is 2. The lowest BCUT2D eigenvalue weighted by molar-refractivity contribution is -0.137. The van der Waals surface area contributed by atoms with Gasteiger partial charge in [0, 0.05) is 6.04 Å². The molecule has 19 heavy (non-hydrogen) atoms. The average Bonchev–Trinajstić information content (AvgIpc) is 2.26. The maximum atomic E-state index is 12.6. The van der Waals surface area contributed by atoms with E-state index in [1.807, 2.05) is 4.72 Å². The topological polar surface area (TPSA) is 66.4 Å². The summed E-state index contributed by atoms with van der Waals surface area (Å²) < 4.78 is 63.4. The van der Waals surface area contributed by atoms with Crippen molar-refractivity contribution in [2.45, 2.75) is 24.0 Å². The first kappa shape index (κ1) is 16.2. The maximum Gasteiger partial charge on any atom is 0.417 e. The summed E-state index contributed by atoms with van der Waals surface area (Å²) in [6.45, 7) is 0.900. The summed E-state index contributed by atoms with van der Waals surface area (Å²) in [5.41, 5.74) is -1.23. The highest BCUT2D eigenvalue weighted by atomic mass is 35.5. The first-order valence-electron chi connectivity index (χ1n) is 5.08. The number of rotatable bonds is 4. The average molecular weight is 318 g/mol. The Bertz CT molecular complexity index is 560. The quantitative estimate of drug-likeness (QED) is 0.893. The zero-order chi connectivity index (χ0) is 14.8. The van der Waals surface area contributed by atoms with Gasteiger partial charge in [-0.2, -0.15) is 13.2 Å². The first-order chi connectivity index (χ1) is 8.58. The van der Waals surface area contributed by atoms with Crippen LogP contribution in [0.15, 0.2) is 23.1 Å². The number of benzene rings is 1. The van der Waals surface area contributed by atoms with Crippen LogP contribution in [0.5, 0.6) is 0 Å². The van der Waals surface area contributed by atoms with E-state index in [0.717, 1.165) is 12.1 Å². The van der Waals surface area contributed by atoms with E-state index in [4.69, 9.17) is 16.7 Å². The minimum absolute atomic E-state index is 0.453. The molecule has 0 aliphatic rings. The fraction of sp³-hybridized carbons (Fsp3) is 0.400. The number of aliphatic hydroxyl groups is 1. The smallest absolute Gasteiger partial charge is 0.395 e. The van der Waals surface area contributed by atoms with Crippen LogP contribution < -0.4 is 4.72 Å². The maximum absolute atomic E-state index is 12.6. The molecule has 4 nitrogen and oxygen atoms in total. The van der Waals surface area contributed by atoms with Crippen LogP contribution in [-0.2, 0) is 16.2 Å². The molecule has 108 valence electrons. The molecular weight excluding hydrogens is 307 g/mol. The number of halogens is 4. The van der Waals surface area contributed by atoms with Gasteiger partial charge in [-0.05, 0) is 25.1 Å². The van der Waals surface area contributed by atoms with Crippen LogP contribution in [0.25, 0.3) is 0 Å². The summed E-state index contributed by atoms with van der Waals surface area (Å²) in [6.07, 6.45) is -4.74. The normalized spacial score (nSPS) is 14.4. The van der Waals surface area contributed by atoms with Crippen molar-refractivity contribution < 1.29 is 26.7 Å². The van der Waals surface area contributed by atoms with Crippen LogP contribution in [-0.4, -0.2) is 26.2 Å². The summed E-state index contributed by atoms with van der Waals surface area (Å²) >= 11 is 5.39. The highest BCUT2D eigenvalue weighted by Crippen LogP contribution is 2.35. The van der Waals surface area contributed by atoms with Crippen LogP contribution >= 0.6 is 11.6 Å². The third kappa shape index (κ3) is 4.07. The highest BCUT2D eigenvalue weighted by Gasteiger charge is 2.34. The summed E-state index contributed by atoms with van der Waals surface area (Å²) in [4.78, 5) is -0.565. The predicted molar refractivity (Wildman–Crippen MR) is 63.3 cm³/mol. The van der Waals surface area contributed by atoms with Gasteiger partial charge in [0.25, 0.3) is 0 Å². The molecule has 9 heteroatoms. The molecule has 0 bridgehead atoms. The second-order valence-electron chi connectivity index (χ2n) is 3.84. The lowest BCUT2D eigenvalue weighted by Crippen LogP contribution is -2.35. The minimum atomic E-state index is -4.74. The zero-order valence-corrected chi connectivity index (χ0v) is 11.3. The summed E-state index contributed by atoms with van der Waals surface area (Å²) in [5.74, 6) is 0. The van der Waals surface area contributed by atoms with Gasteiger partial charge in [-0.15, -0.1) is 0 Å². The zero-order valence-electron chi connectivity index (χ0n) is 9.70. The van der Waals surface area contributed by atoms with Crippen molar-refractivity contribution in [3.8, 4) is 0 Å². The lowest BCUT2D eigenvalue weighted by Gasteiger charge is -2.14. The van der Waals surface area contributed by atoms with Gasteiger partial charge >= 0.3 is 6.18 Å². The molecule has 0 heterocycles. The number of nitrogens with one attached hydrogen (secondary N) is 1. The van der Waals surface area contributed by atoms with Gasteiger partial charge in [0.15, 0.2) is 0 Å². The van der Waals surface area contributed by atoms with Crippen molar-refractivity contribution in [1.82, 2.24) is 4.72 Å².